The van der Waals surface area contributed by atoms with Crippen LogP contribution in [0.1, 0.15) is 24.8 Å². The number of aromatic nitrogens is 1. The van der Waals surface area contributed by atoms with Gasteiger partial charge in [-0.3, -0.25) is 14.7 Å². The second-order valence-electron chi connectivity index (χ2n) is 7.23. The summed E-state index contributed by atoms with van der Waals surface area (Å²) in [6.07, 6.45) is -1.87. The summed E-state index contributed by atoms with van der Waals surface area (Å²) in [6, 6.07) is 4.96. The number of likely N-dealkylation sites (tertiary alicyclic amines) is 2. The van der Waals surface area contributed by atoms with E-state index >= 15 is 0 Å². The van der Waals surface area contributed by atoms with Crippen LogP contribution in [0.4, 0.5) is 26.3 Å². The number of amides is 1. The van der Waals surface area contributed by atoms with Crippen molar-refractivity contribution < 1.29 is 50.9 Å². The van der Waals surface area contributed by atoms with Crippen LogP contribution in [0.15, 0.2) is 37.2 Å². The highest BCUT2D eigenvalue weighted by atomic mass is 19.4. The van der Waals surface area contributed by atoms with E-state index < -0.39 is 24.3 Å². The van der Waals surface area contributed by atoms with Gasteiger partial charge in [0.2, 0.25) is 5.91 Å². The van der Waals surface area contributed by atoms with Gasteiger partial charge in [-0.15, -0.1) is 6.58 Å². The van der Waals surface area contributed by atoms with Crippen LogP contribution in [0.3, 0.4) is 0 Å². The minimum Gasteiger partial charge on any atom is -0.475 e. The number of hydrogen-bond acceptors (Lipinski definition) is 5. The Kier molecular flexibility index (Phi) is 10.5. The van der Waals surface area contributed by atoms with E-state index in [1.165, 1.54) is 5.56 Å². The van der Waals surface area contributed by atoms with Crippen LogP contribution in [0, 0.1) is 0 Å². The summed E-state index contributed by atoms with van der Waals surface area (Å²) in [5.41, 5.74) is 1.25. The van der Waals surface area contributed by atoms with Crippen molar-refractivity contribution in [2.24, 2.45) is 0 Å². The molecule has 0 saturated carbocycles. The van der Waals surface area contributed by atoms with Crippen molar-refractivity contribution in [3.05, 3.63) is 42.7 Å². The quantitative estimate of drug-likeness (QED) is 0.484. The number of aliphatic carboxylic acids is 2. The fraction of sp³-hybridized carbons (Fsp3) is 0.500. The Morgan fingerprint density at radius 3 is 2.09 bits per heavy atom. The molecule has 3 rings (SSSR count). The summed E-state index contributed by atoms with van der Waals surface area (Å²) in [7, 11) is 0. The molecule has 1 amide bonds. The molecule has 1 aromatic heterocycles. The van der Waals surface area contributed by atoms with Crippen LogP contribution in [0.2, 0.25) is 0 Å². The topological polar surface area (TPSA) is 111 Å². The van der Waals surface area contributed by atoms with Crippen molar-refractivity contribution in [3.8, 4) is 0 Å². The number of carboxylic acid groups (broad SMARTS) is 2. The predicted octanol–water partition coefficient (Wildman–Crippen LogP) is 3.10. The molecule has 2 atom stereocenters. The Balaban J connectivity index is 0.000000343. The number of carbonyl (C=O) groups excluding carboxylic acids is 1. The normalized spacial score (nSPS) is 20.3. The first-order chi connectivity index (χ1) is 15.7. The molecule has 0 radical (unpaired) electrons. The highest BCUT2D eigenvalue weighted by molar-refractivity contribution is 5.78. The van der Waals surface area contributed by atoms with Gasteiger partial charge in [0.05, 0.1) is 0 Å². The summed E-state index contributed by atoms with van der Waals surface area (Å²) < 4.78 is 63.5. The number of carbonyl (C=O) groups is 3. The monoisotopic (exact) mass is 499 g/mol. The van der Waals surface area contributed by atoms with Crippen molar-refractivity contribution in [2.75, 3.05) is 13.1 Å². The third-order valence-electron chi connectivity index (χ3n) is 4.92. The molecule has 0 unspecified atom stereocenters. The number of halogens is 6. The number of piperidine rings is 1. The van der Waals surface area contributed by atoms with Gasteiger partial charge in [-0.05, 0) is 24.5 Å². The molecule has 0 bridgehead atoms. The van der Waals surface area contributed by atoms with E-state index in [4.69, 9.17) is 19.8 Å². The van der Waals surface area contributed by atoms with E-state index in [2.05, 4.69) is 22.5 Å². The first-order valence-electron chi connectivity index (χ1n) is 9.82. The van der Waals surface area contributed by atoms with Gasteiger partial charge in [0.1, 0.15) is 0 Å². The molecule has 8 nitrogen and oxygen atoms in total. The molecule has 14 heteroatoms. The first kappa shape index (κ1) is 28.9. The van der Waals surface area contributed by atoms with Crippen LogP contribution in [-0.4, -0.2) is 80.4 Å². The predicted molar refractivity (Wildman–Crippen MR) is 105 cm³/mol. The number of pyridine rings is 1. The Morgan fingerprint density at radius 2 is 1.65 bits per heavy atom. The SMILES string of the molecule is C=CCN1C(=O)CC[C@@H]2[C@H]1CCN2Cc1cccnc1.O=C(O)C(F)(F)F.O=C(O)C(F)(F)F. The lowest BCUT2D eigenvalue weighted by Gasteiger charge is -2.39. The van der Waals surface area contributed by atoms with Crippen molar-refractivity contribution in [1.29, 1.82) is 0 Å². The number of nitrogens with zero attached hydrogens (tertiary/aromatic N) is 3. The highest BCUT2D eigenvalue weighted by Crippen LogP contribution is 2.32. The number of hydrogen-bond donors (Lipinski definition) is 2. The summed E-state index contributed by atoms with van der Waals surface area (Å²) in [4.78, 5) is 38.5. The average molecular weight is 499 g/mol. The van der Waals surface area contributed by atoms with E-state index in [0.29, 0.717) is 25.0 Å². The van der Waals surface area contributed by atoms with Crippen LogP contribution >= 0.6 is 0 Å². The number of alkyl halides is 6. The maximum Gasteiger partial charge on any atom is 0.490 e. The molecule has 2 fully saturated rings. The van der Waals surface area contributed by atoms with Gasteiger partial charge in [0.15, 0.2) is 0 Å². The molecular weight excluding hydrogens is 476 g/mol. The Hall–Kier alpha value is -3.16. The molecule has 190 valence electrons. The van der Waals surface area contributed by atoms with E-state index in [-0.39, 0.29) is 5.91 Å². The Labute approximate surface area is 190 Å². The molecule has 1 aromatic rings. The van der Waals surface area contributed by atoms with Crippen molar-refractivity contribution in [3.63, 3.8) is 0 Å². The van der Waals surface area contributed by atoms with Gasteiger partial charge < -0.3 is 15.1 Å². The molecule has 0 spiro atoms. The summed E-state index contributed by atoms with van der Waals surface area (Å²) >= 11 is 0. The van der Waals surface area contributed by atoms with Gasteiger partial charge in [-0.1, -0.05) is 12.1 Å². The minimum absolute atomic E-state index is 0.286. The second kappa shape index (κ2) is 12.3. The lowest BCUT2D eigenvalue weighted by molar-refractivity contribution is -0.193. The Bertz CT molecular complexity index is 823. The van der Waals surface area contributed by atoms with E-state index in [0.717, 1.165) is 25.9 Å². The molecule has 2 aliphatic rings. The minimum atomic E-state index is -5.08. The lowest BCUT2D eigenvalue weighted by atomic mass is 9.96. The van der Waals surface area contributed by atoms with Crippen molar-refractivity contribution in [1.82, 2.24) is 14.8 Å². The van der Waals surface area contributed by atoms with Crippen LogP contribution in [-0.2, 0) is 20.9 Å². The zero-order valence-electron chi connectivity index (χ0n) is 17.7. The zero-order valence-corrected chi connectivity index (χ0v) is 17.7. The smallest absolute Gasteiger partial charge is 0.475 e. The summed E-state index contributed by atoms with van der Waals surface area (Å²) in [5.74, 6) is -5.23. The number of rotatable bonds is 4. The van der Waals surface area contributed by atoms with E-state index in [9.17, 15) is 31.1 Å². The van der Waals surface area contributed by atoms with Crippen LogP contribution in [0.25, 0.3) is 0 Å². The van der Waals surface area contributed by atoms with Crippen LogP contribution in [0.5, 0.6) is 0 Å². The molecule has 0 aromatic carbocycles. The van der Waals surface area contributed by atoms with Gasteiger partial charge in [-0.25, -0.2) is 9.59 Å². The van der Waals surface area contributed by atoms with Gasteiger partial charge >= 0.3 is 24.3 Å². The Morgan fingerprint density at radius 1 is 1.09 bits per heavy atom. The summed E-state index contributed by atoms with van der Waals surface area (Å²) in [6.45, 7) is 6.45. The van der Waals surface area contributed by atoms with Gasteiger partial charge in [-0.2, -0.15) is 26.3 Å². The maximum absolute atomic E-state index is 12.0. The maximum atomic E-state index is 12.0. The van der Waals surface area contributed by atoms with Gasteiger partial charge in [0.25, 0.3) is 0 Å². The summed E-state index contributed by atoms with van der Waals surface area (Å²) in [5, 5.41) is 14.2. The third-order valence-corrected chi connectivity index (χ3v) is 4.92. The molecule has 34 heavy (non-hydrogen) atoms. The van der Waals surface area contributed by atoms with E-state index in [1.807, 2.05) is 23.2 Å². The molecule has 3 heterocycles. The van der Waals surface area contributed by atoms with Crippen LogP contribution < -0.4 is 0 Å². The third kappa shape index (κ3) is 9.00. The zero-order chi connectivity index (χ0) is 26.1. The van der Waals surface area contributed by atoms with Crippen molar-refractivity contribution in [2.45, 2.75) is 50.2 Å². The fourth-order valence-corrected chi connectivity index (χ4v) is 3.54. The van der Waals surface area contributed by atoms with Crippen molar-refractivity contribution >= 4 is 17.8 Å². The molecule has 2 aliphatic heterocycles. The fourth-order valence-electron chi connectivity index (χ4n) is 3.54. The number of carboxylic acids is 2. The molecular formula is C20H23F6N3O5. The van der Waals surface area contributed by atoms with Gasteiger partial charge in [0, 0.05) is 50.5 Å². The number of fused-ring (bicyclic) bond motifs is 1. The molecule has 0 aliphatic carbocycles. The highest BCUT2D eigenvalue weighted by Gasteiger charge is 2.42. The second-order valence-corrected chi connectivity index (χ2v) is 7.23. The standard InChI is InChI=1S/C16H21N3O.2C2HF3O2/c1-2-9-19-15-7-10-18(14(15)5-6-16(19)20)12-13-4-3-8-17-11-13;2*3-2(4,5)1(6)7/h2-4,8,11,14-15H,1,5-7,9-10,12H2;2*(H,6,7)/t14-,15-;;/m1../s1. The van der Waals surface area contributed by atoms with E-state index in [1.54, 1.807) is 6.20 Å². The molecule has 2 saturated heterocycles. The molecule has 2 N–H and O–H groups in total. The lowest BCUT2D eigenvalue weighted by Crippen LogP contribution is -2.52. The average Bonchev–Trinajstić information content (AvgIpc) is 3.13. The first-order valence-corrected chi connectivity index (χ1v) is 9.82. The largest absolute Gasteiger partial charge is 0.490 e.